The molecule has 0 saturated heterocycles. The van der Waals surface area contributed by atoms with Crippen molar-refractivity contribution in [2.24, 2.45) is 5.73 Å². The maximum Gasteiger partial charge on any atom is 0.244 e. The van der Waals surface area contributed by atoms with Gasteiger partial charge in [0.25, 0.3) is 0 Å². The van der Waals surface area contributed by atoms with Gasteiger partial charge in [-0.05, 0) is 31.2 Å². The van der Waals surface area contributed by atoms with Gasteiger partial charge in [-0.1, -0.05) is 17.7 Å². The molecule has 0 saturated carbocycles. The Bertz CT molecular complexity index is 1200. The van der Waals surface area contributed by atoms with E-state index in [9.17, 15) is 12.8 Å². The van der Waals surface area contributed by atoms with Crippen molar-refractivity contribution >= 4 is 32.5 Å². The Morgan fingerprint density at radius 1 is 1.31 bits per heavy atom. The van der Waals surface area contributed by atoms with Crippen LogP contribution in [-0.4, -0.2) is 42.9 Å². The van der Waals surface area contributed by atoms with E-state index < -0.39 is 10.0 Å². The Labute approximate surface area is 174 Å². The number of pyridine rings is 1. The van der Waals surface area contributed by atoms with Crippen LogP contribution in [0.4, 0.5) is 4.39 Å². The average Bonchev–Trinajstić information content (AvgIpc) is 2.93. The molecule has 0 bridgehead atoms. The summed E-state index contributed by atoms with van der Waals surface area (Å²) in [6.07, 6.45) is 4.23. The molecular weight excluding hydrogens is 415 g/mol. The highest BCUT2D eigenvalue weighted by Gasteiger charge is 2.21. The molecule has 0 aliphatic rings. The summed E-state index contributed by atoms with van der Waals surface area (Å²) in [6, 6.07) is 6.93. The number of rotatable bonds is 6. The summed E-state index contributed by atoms with van der Waals surface area (Å²) in [5, 5.41) is 1.35. The molecule has 0 radical (unpaired) electrons. The van der Waals surface area contributed by atoms with E-state index in [4.69, 9.17) is 17.3 Å². The minimum absolute atomic E-state index is 0.00297. The number of hydrogen-bond donors (Lipinski definition) is 1. The lowest BCUT2D eigenvalue weighted by atomic mass is 10.0. The third kappa shape index (κ3) is 4.06. The zero-order valence-corrected chi connectivity index (χ0v) is 17.9. The predicted octanol–water partition coefficient (Wildman–Crippen LogP) is 3.73. The maximum absolute atomic E-state index is 14.2. The van der Waals surface area contributed by atoms with Crippen LogP contribution in [0.15, 0.2) is 53.5 Å². The van der Waals surface area contributed by atoms with Crippen molar-refractivity contribution in [3.05, 3.63) is 59.3 Å². The number of halogens is 2. The molecule has 1 aromatic carbocycles. The lowest BCUT2D eigenvalue weighted by molar-refractivity contribution is 0.520. The fraction of sp³-hybridized carbons (Fsp3) is 0.250. The van der Waals surface area contributed by atoms with Crippen molar-refractivity contribution in [1.29, 1.82) is 0 Å². The molecule has 0 atom stereocenters. The maximum atomic E-state index is 14.2. The van der Waals surface area contributed by atoms with Crippen molar-refractivity contribution in [1.82, 2.24) is 13.9 Å². The number of sulfonamides is 1. The van der Waals surface area contributed by atoms with Crippen LogP contribution in [0.25, 0.3) is 22.0 Å². The van der Waals surface area contributed by atoms with Crippen molar-refractivity contribution in [2.45, 2.75) is 18.4 Å². The highest BCUT2D eigenvalue weighted by Crippen LogP contribution is 2.37. The Kier molecular flexibility index (Phi) is 6.09. The quantitative estimate of drug-likeness (QED) is 0.638. The fourth-order valence-electron chi connectivity index (χ4n) is 3.27. The monoisotopic (exact) mass is 436 g/mol. The second kappa shape index (κ2) is 8.23. The first kappa shape index (κ1) is 21.4. The first-order chi connectivity index (χ1) is 13.7. The van der Waals surface area contributed by atoms with Crippen LogP contribution in [0.5, 0.6) is 0 Å². The molecule has 0 aliphatic carbocycles. The van der Waals surface area contributed by atoms with E-state index in [0.29, 0.717) is 10.6 Å². The number of aromatic nitrogens is 2. The molecule has 0 amide bonds. The van der Waals surface area contributed by atoms with Crippen LogP contribution in [0, 0.1) is 6.92 Å². The molecule has 3 rings (SSSR count). The molecule has 2 N–H and O–H groups in total. The van der Waals surface area contributed by atoms with E-state index in [0.717, 1.165) is 26.5 Å². The van der Waals surface area contributed by atoms with E-state index in [-0.39, 0.29) is 23.8 Å². The summed E-state index contributed by atoms with van der Waals surface area (Å²) in [5.41, 5.74) is 8.33. The number of benzene rings is 1. The van der Waals surface area contributed by atoms with Crippen molar-refractivity contribution in [2.75, 3.05) is 20.6 Å². The van der Waals surface area contributed by atoms with Crippen LogP contribution in [-0.2, 0) is 16.6 Å². The van der Waals surface area contributed by atoms with E-state index >= 15 is 0 Å². The highest BCUT2D eigenvalue weighted by molar-refractivity contribution is 7.89. The minimum Gasteiger partial charge on any atom is -0.337 e. The summed E-state index contributed by atoms with van der Waals surface area (Å²) < 4.78 is 42.2. The smallest absolute Gasteiger partial charge is 0.244 e. The number of fused-ring (bicyclic) bond motifs is 1. The molecule has 29 heavy (non-hydrogen) atoms. The van der Waals surface area contributed by atoms with E-state index in [1.54, 1.807) is 29.0 Å². The molecular formula is C20H22ClFN4O2S. The second-order valence-corrected chi connectivity index (χ2v) is 9.38. The average molecular weight is 437 g/mol. The second-order valence-electron chi connectivity index (χ2n) is 6.79. The number of nitrogens with two attached hydrogens (primary N) is 1. The first-order valence-electron chi connectivity index (χ1n) is 8.87. The lowest BCUT2D eigenvalue weighted by Crippen LogP contribution is -2.22. The van der Waals surface area contributed by atoms with Crippen LogP contribution < -0.4 is 5.73 Å². The molecule has 0 fully saturated rings. The van der Waals surface area contributed by atoms with Gasteiger partial charge < -0.3 is 10.3 Å². The SMILES string of the molecule is Cc1c(-c2cncc(S(=O)(=O)N(C)C)c2)c2ccc(Cl)cc2n1CC(F)=CCN. The van der Waals surface area contributed by atoms with Crippen LogP contribution >= 0.6 is 11.6 Å². The van der Waals surface area contributed by atoms with Crippen molar-refractivity contribution in [3.8, 4) is 11.1 Å². The molecule has 2 aromatic heterocycles. The topological polar surface area (TPSA) is 81.2 Å². The van der Waals surface area contributed by atoms with Gasteiger partial charge in [0.1, 0.15) is 10.7 Å². The zero-order chi connectivity index (χ0) is 21.3. The molecule has 0 unspecified atom stereocenters. The molecule has 3 aromatic rings. The summed E-state index contributed by atoms with van der Waals surface area (Å²) in [4.78, 5) is 4.22. The summed E-state index contributed by atoms with van der Waals surface area (Å²) in [6.45, 7) is 1.96. The summed E-state index contributed by atoms with van der Waals surface area (Å²) in [7, 11) is -0.708. The Morgan fingerprint density at radius 3 is 2.69 bits per heavy atom. The van der Waals surface area contributed by atoms with Gasteiger partial charge in [-0.15, -0.1) is 0 Å². The third-order valence-electron chi connectivity index (χ3n) is 4.72. The molecule has 2 heterocycles. The Balaban J connectivity index is 2.26. The zero-order valence-electron chi connectivity index (χ0n) is 16.4. The van der Waals surface area contributed by atoms with Crippen LogP contribution in [0.2, 0.25) is 5.02 Å². The molecule has 0 aliphatic heterocycles. The standard InChI is InChI=1S/C20H22ClFN4O2S/c1-13-20(14-8-17(11-24-10-14)29(27,28)25(2)3)18-5-4-15(21)9-19(18)26(13)12-16(22)6-7-23/h4-6,8-11H,7,12,23H2,1-3H3. The van der Waals surface area contributed by atoms with Gasteiger partial charge in [0, 0.05) is 60.3 Å². The largest absolute Gasteiger partial charge is 0.337 e. The fourth-order valence-corrected chi connectivity index (χ4v) is 4.33. The molecule has 9 heteroatoms. The van der Waals surface area contributed by atoms with Crippen LogP contribution in [0.1, 0.15) is 5.69 Å². The van der Waals surface area contributed by atoms with Gasteiger partial charge in [-0.2, -0.15) is 0 Å². The van der Waals surface area contributed by atoms with Gasteiger partial charge in [-0.25, -0.2) is 17.1 Å². The highest BCUT2D eigenvalue weighted by atomic mass is 35.5. The minimum atomic E-state index is -3.64. The summed E-state index contributed by atoms with van der Waals surface area (Å²) >= 11 is 6.18. The van der Waals surface area contributed by atoms with E-state index in [1.807, 2.05) is 13.0 Å². The normalized spacial score (nSPS) is 12.9. The molecule has 0 spiro atoms. The van der Waals surface area contributed by atoms with Gasteiger partial charge in [0.15, 0.2) is 0 Å². The number of nitrogens with zero attached hydrogens (tertiary/aromatic N) is 3. The van der Waals surface area contributed by atoms with Crippen molar-refractivity contribution < 1.29 is 12.8 Å². The predicted molar refractivity (Wildman–Crippen MR) is 114 cm³/mol. The first-order valence-corrected chi connectivity index (χ1v) is 10.7. The Hall–Kier alpha value is -2.26. The number of allylic oxidation sites excluding steroid dienone is 1. The van der Waals surface area contributed by atoms with Gasteiger partial charge in [-0.3, -0.25) is 4.98 Å². The third-order valence-corrected chi connectivity index (χ3v) is 6.73. The lowest BCUT2D eigenvalue weighted by Gasteiger charge is -2.12. The van der Waals surface area contributed by atoms with E-state index in [2.05, 4.69) is 4.98 Å². The Morgan fingerprint density at radius 2 is 2.03 bits per heavy atom. The molecule has 6 nitrogen and oxygen atoms in total. The number of hydrogen-bond acceptors (Lipinski definition) is 4. The van der Waals surface area contributed by atoms with Crippen LogP contribution in [0.3, 0.4) is 0 Å². The van der Waals surface area contributed by atoms with E-state index in [1.165, 1.54) is 26.4 Å². The molecule has 154 valence electrons. The summed E-state index contributed by atoms with van der Waals surface area (Å²) in [5.74, 6) is -0.360. The van der Waals surface area contributed by atoms with Gasteiger partial charge in [0.05, 0.1) is 12.1 Å². The van der Waals surface area contributed by atoms with Gasteiger partial charge in [0.2, 0.25) is 10.0 Å². The van der Waals surface area contributed by atoms with Crippen molar-refractivity contribution in [3.63, 3.8) is 0 Å². The van der Waals surface area contributed by atoms with Gasteiger partial charge >= 0.3 is 0 Å².